The standard InChI is InChI=1S/C65H126O17P2/c1-6-9-12-15-17-19-20-21-22-23-27-31-34-39-44-49-63(68)76-55-61(82-65(70)51-46-41-36-32-28-25-24-26-30-33-38-42-47-58(4)5)57-80-84(73,74)78-53-59(66)52-77-83(71,72)79-56-60(54-75-62(67)48-43-37-14-11-8-3)81-64(69)50-45-40-35-29-18-16-13-10-7-2/h58-61,66H,6-57H2,1-5H3,(H,71,72)(H,73,74)/t59-,60+,61+/m0/s1. The van der Waals surface area contributed by atoms with E-state index in [-0.39, 0.29) is 25.7 Å². The molecule has 0 aromatic heterocycles. The van der Waals surface area contributed by atoms with Crippen LogP contribution in [0, 0.1) is 5.92 Å². The van der Waals surface area contributed by atoms with Crippen molar-refractivity contribution in [2.45, 2.75) is 348 Å². The average Bonchev–Trinajstić information content (AvgIpc) is 3.60. The third kappa shape index (κ3) is 59.0. The molecule has 0 heterocycles. The van der Waals surface area contributed by atoms with Crippen LogP contribution in [-0.2, 0) is 65.4 Å². The molecule has 0 saturated carbocycles. The lowest BCUT2D eigenvalue weighted by atomic mass is 10.0. The number of esters is 4. The summed E-state index contributed by atoms with van der Waals surface area (Å²) in [6.07, 6.45) is 43.4. The molecule has 0 aliphatic carbocycles. The minimum Gasteiger partial charge on any atom is -0.462 e. The lowest BCUT2D eigenvalue weighted by molar-refractivity contribution is -0.161. The molecule has 17 nitrogen and oxygen atoms in total. The van der Waals surface area contributed by atoms with E-state index in [1.54, 1.807) is 0 Å². The Hall–Kier alpha value is -1.94. The van der Waals surface area contributed by atoms with Gasteiger partial charge in [0.2, 0.25) is 0 Å². The number of aliphatic hydroxyl groups excluding tert-OH is 1. The maximum atomic E-state index is 13.0. The van der Waals surface area contributed by atoms with Gasteiger partial charge in [-0.15, -0.1) is 0 Å². The largest absolute Gasteiger partial charge is 0.472 e. The fraction of sp³-hybridized carbons (Fsp3) is 0.938. The van der Waals surface area contributed by atoms with Crippen molar-refractivity contribution in [2.24, 2.45) is 5.92 Å². The molecule has 5 atom stereocenters. The van der Waals surface area contributed by atoms with Crippen molar-refractivity contribution in [1.29, 1.82) is 0 Å². The minimum absolute atomic E-state index is 0.105. The number of carbonyl (C=O) groups is 4. The highest BCUT2D eigenvalue weighted by Crippen LogP contribution is 2.45. The van der Waals surface area contributed by atoms with Crippen LogP contribution in [-0.4, -0.2) is 96.7 Å². The Morgan fingerprint density at radius 2 is 0.548 bits per heavy atom. The predicted octanol–water partition coefficient (Wildman–Crippen LogP) is 18.2. The smallest absolute Gasteiger partial charge is 0.462 e. The number of ether oxygens (including phenoxy) is 4. The van der Waals surface area contributed by atoms with Crippen LogP contribution in [0.5, 0.6) is 0 Å². The van der Waals surface area contributed by atoms with E-state index in [0.29, 0.717) is 25.7 Å². The first kappa shape index (κ1) is 82.1. The fourth-order valence-corrected chi connectivity index (χ4v) is 11.3. The van der Waals surface area contributed by atoms with Gasteiger partial charge in [0.1, 0.15) is 19.3 Å². The molecule has 2 unspecified atom stereocenters. The molecule has 0 rings (SSSR count). The number of hydrogen-bond donors (Lipinski definition) is 3. The summed E-state index contributed by atoms with van der Waals surface area (Å²) in [4.78, 5) is 72.0. The predicted molar refractivity (Wildman–Crippen MR) is 335 cm³/mol. The minimum atomic E-state index is -4.94. The van der Waals surface area contributed by atoms with Gasteiger partial charge in [-0.3, -0.25) is 37.3 Å². The molecule has 84 heavy (non-hydrogen) atoms. The molecule has 0 saturated heterocycles. The molecule has 3 N–H and O–H groups in total. The normalized spacial score (nSPS) is 14.2. The molecule has 0 spiro atoms. The maximum Gasteiger partial charge on any atom is 0.472 e. The summed E-state index contributed by atoms with van der Waals surface area (Å²) in [5.74, 6) is -1.36. The summed E-state index contributed by atoms with van der Waals surface area (Å²) >= 11 is 0. The van der Waals surface area contributed by atoms with E-state index >= 15 is 0 Å². The summed E-state index contributed by atoms with van der Waals surface area (Å²) in [5.41, 5.74) is 0. The third-order valence-corrected chi connectivity index (χ3v) is 16.9. The molecule has 498 valence electrons. The van der Waals surface area contributed by atoms with Crippen LogP contribution < -0.4 is 0 Å². The second-order valence-corrected chi connectivity index (χ2v) is 26.9. The van der Waals surface area contributed by atoms with Crippen molar-refractivity contribution in [3.05, 3.63) is 0 Å². The maximum absolute atomic E-state index is 13.0. The lowest BCUT2D eigenvalue weighted by Crippen LogP contribution is -2.30. The fourth-order valence-electron chi connectivity index (χ4n) is 9.76. The van der Waals surface area contributed by atoms with Crippen LogP contribution in [0.1, 0.15) is 330 Å². The number of unbranched alkanes of at least 4 members (excludes halogenated alkanes) is 37. The average molecular weight is 1240 g/mol. The first-order valence-corrected chi connectivity index (χ1v) is 37.1. The molecule has 0 fully saturated rings. The van der Waals surface area contributed by atoms with Crippen LogP contribution >= 0.6 is 15.6 Å². The molecule has 19 heteroatoms. The Kier molecular flexibility index (Phi) is 57.4. The van der Waals surface area contributed by atoms with Crippen molar-refractivity contribution in [2.75, 3.05) is 39.6 Å². The Morgan fingerprint density at radius 3 is 0.810 bits per heavy atom. The van der Waals surface area contributed by atoms with Gasteiger partial charge in [-0.05, 0) is 31.6 Å². The van der Waals surface area contributed by atoms with Gasteiger partial charge in [0.05, 0.1) is 26.4 Å². The first-order chi connectivity index (χ1) is 40.5. The Bertz CT molecular complexity index is 1640. The van der Waals surface area contributed by atoms with Crippen LogP contribution in [0.25, 0.3) is 0 Å². The second-order valence-electron chi connectivity index (χ2n) is 24.0. The number of phosphoric ester groups is 2. The van der Waals surface area contributed by atoms with Gasteiger partial charge >= 0.3 is 39.5 Å². The molecule has 0 bridgehead atoms. The molecule has 0 aromatic rings. The van der Waals surface area contributed by atoms with E-state index in [0.717, 1.165) is 102 Å². The van der Waals surface area contributed by atoms with E-state index in [4.69, 9.17) is 37.0 Å². The van der Waals surface area contributed by atoms with E-state index in [1.165, 1.54) is 148 Å². The second kappa shape index (κ2) is 58.7. The van der Waals surface area contributed by atoms with Crippen LogP contribution in [0.4, 0.5) is 0 Å². The molecule has 0 aromatic carbocycles. The van der Waals surface area contributed by atoms with Gasteiger partial charge in [-0.25, -0.2) is 9.13 Å². The zero-order chi connectivity index (χ0) is 62.0. The summed E-state index contributed by atoms with van der Waals surface area (Å²) < 4.78 is 67.8. The highest BCUT2D eigenvalue weighted by atomic mass is 31.2. The van der Waals surface area contributed by atoms with Crippen LogP contribution in [0.15, 0.2) is 0 Å². The highest BCUT2D eigenvalue weighted by Gasteiger charge is 2.30. The van der Waals surface area contributed by atoms with E-state index < -0.39 is 97.5 Å². The summed E-state index contributed by atoms with van der Waals surface area (Å²) in [6.45, 7) is 7.12. The van der Waals surface area contributed by atoms with Crippen molar-refractivity contribution in [3.63, 3.8) is 0 Å². The Morgan fingerprint density at radius 1 is 0.321 bits per heavy atom. The molecule has 0 aliphatic rings. The van der Waals surface area contributed by atoms with Gasteiger partial charge in [0, 0.05) is 25.7 Å². The van der Waals surface area contributed by atoms with Crippen molar-refractivity contribution >= 4 is 39.5 Å². The molecular formula is C65H126O17P2. The quantitative estimate of drug-likeness (QED) is 0.0222. The zero-order valence-corrected chi connectivity index (χ0v) is 55.8. The monoisotopic (exact) mass is 1240 g/mol. The molecular weight excluding hydrogens is 1110 g/mol. The lowest BCUT2D eigenvalue weighted by Gasteiger charge is -2.21. The Balaban J connectivity index is 5.16. The molecule has 0 aliphatic heterocycles. The van der Waals surface area contributed by atoms with E-state index in [2.05, 4.69) is 34.6 Å². The summed E-state index contributed by atoms with van der Waals surface area (Å²) in [5, 5.41) is 10.5. The van der Waals surface area contributed by atoms with Crippen molar-refractivity contribution < 1.29 is 80.2 Å². The van der Waals surface area contributed by atoms with Crippen molar-refractivity contribution in [3.8, 4) is 0 Å². The highest BCUT2D eigenvalue weighted by molar-refractivity contribution is 7.47. The van der Waals surface area contributed by atoms with Gasteiger partial charge < -0.3 is 33.8 Å². The van der Waals surface area contributed by atoms with Gasteiger partial charge in [0.15, 0.2) is 12.2 Å². The number of aliphatic hydroxyl groups is 1. The van der Waals surface area contributed by atoms with Crippen molar-refractivity contribution in [1.82, 2.24) is 0 Å². The summed E-state index contributed by atoms with van der Waals surface area (Å²) in [7, 11) is -9.88. The number of rotatable bonds is 65. The van der Waals surface area contributed by atoms with Gasteiger partial charge in [-0.2, -0.15) is 0 Å². The molecule has 0 amide bonds. The third-order valence-electron chi connectivity index (χ3n) is 15.0. The number of phosphoric acid groups is 2. The first-order valence-electron chi connectivity index (χ1n) is 34.1. The van der Waals surface area contributed by atoms with Gasteiger partial charge in [0.25, 0.3) is 0 Å². The van der Waals surface area contributed by atoms with E-state index in [1.807, 2.05) is 0 Å². The van der Waals surface area contributed by atoms with Gasteiger partial charge in [-0.1, -0.05) is 279 Å². The van der Waals surface area contributed by atoms with Crippen LogP contribution in [0.2, 0.25) is 0 Å². The SMILES string of the molecule is CCCCCCCCCCCCCCCCCC(=O)OC[C@H](COP(=O)(O)OC[C@@H](O)COP(=O)(O)OC[C@@H](COC(=O)CCCCCCC)OC(=O)CCCCCCCCCCC)OC(=O)CCCCCCCCCCCCCCC(C)C. The topological polar surface area (TPSA) is 237 Å². The zero-order valence-electron chi connectivity index (χ0n) is 54.0. The number of hydrogen-bond acceptors (Lipinski definition) is 15. The van der Waals surface area contributed by atoms with E-state index in [9.17, 15) is 43.2 Å². The van der Waals surface area contributed by atoms with Crippen LogP contribution in [0.3, 0.4) is 0 Å². The summed E-state index contributed by atoms with van der Waals surface area (Å²) in [6, 6.07) is 0. The Labute approximate surface area is 511 Å². The molecule has 0 radical (unpaired) electrons. The number of carbonyl (C=O) groups excluding carboxylic acids is 4.